The first-order valence-corrected chi connectivity index (χ1v) is 6.57. The molecule has 2 rings (SSSR count). The van der Waals surface area contributed by atoms with E-state index in [-0.39, 0.29) is 11.6 Å². The molecule has 1 heterocycles. The standard InChI is InChI=1S/C15H19NO4/c1-9-7-11-8-10(13(17)18)5-6-12(11)16(9)14(19)20-15(2,3)4/h5-6,8-9H,7H2,1-4H3,(H,17,18)/t9-/m1/s1. The van der Waals surface area contributed by atoms with E-state index < -0.39 is 17.7 Å². The lowest BCUT2D eigenvalue weighted by Crippen LogP contribution is -2.40. The fourth-order valence-corrected chi connectivity index (χ4v) is 2.35. The fourth-order valence-electron chi connectivity index (χ4n) is 2.35. The van der Waals surface area contributed by atoms with Crippen LogP contribution in [-0.4, -0.2) is 28.8 Å². The van der Waals surface area contributed by atoms with Crippen molar-refractivity contribution in [3.63, 3.8) is 0 Å². The Morgan fingerprint density at radius 3 is 2.55 bits per heavy atom. The lowest BCUT2D eigenvalue weighted by atomic mass is 10.1. The van der Waals surface area contributed by atoms with Gasteiger partial charge in [0, 0.05) is 6.04 Å². The second-order valence-corrected chi connectivity index (χ2v) is 6.05. The maximum absolute atomic E-state index is 12.2. The third-order valence-corrected chi connectivity index (χ3v) is 3.13. The highest BCUT2D eigenvalue weighted by Crippen LogP contribution is 2.34. The summed E-state index contributed by atoms with van der Waals surface area (Å²) in [4.78, 5) is 24.8. The number of hydrogen-bond donors (Lipinski definition) is 1. The molecule has 1 aromatic rings. The lowest BCUT2D eigenvalue weighted by Gasteiger charge is -2.27. The van der Waals surface area contributed by atoms with E-state index in [0.717, 1.165) is 11.3 Å². The van der Waals surface area contributed by atoms with Gasteiger partial charge in [0.25, 0.3) is 0 Å². The largest absolute Gasteiger partial charge is 0.478 e. The quantitative estimate of drug-likeness (QED) is 0.856. The van der Waals surface area contributed by atoms with Gasteiger partial charge in [-0.2, -0.15) is 0 Å². The number of carboxylic acids is 1. The highest BCUT2D eigenvalue weighted by molar-refractivity contribution is 5.94. The molecule has 0 spiro atoms. The number of rotatable bonds is 1. The van der Waals surface area contributed by atoms with Gasteiger partial charge in [0.2, 0.25) is 0 Å². The molecule has 0 unspecified atom stereocenters. The number of fused-ring (bicyclic) bond motifs is 1. The molecule has 5 heteroatoms. The summed E-state index contributed by atoms with van der Waals surface area (Å²) in [6.07, 6.45) is 0.238. The van der Waals surface area contributed by atoms with E-state index in [1.54, 1.807) is 17.0 Å². The zero-order chi connectivity index (χ0) is 15.1. The van der Waals surface area contributed by atoms with Gasteiger partial charge in [-0.1, -0.05) is 0 Å². The van der Waals surface area contributed by atoms with Crippen LogP contribution in [0.4, 0.5) is 10.5 Å². The Bertz CT molecular complexity index is 559. The van der Waals surface area contributed by atoms with Gasteiger partial charge >= 0.3 is 12.1 Å². The topological polar surface area (TPSA) is 66.8 Å². The minimum absolute atomic E-state index is 0.0381. The number of carboxylic acid groups (broad SMARTS) is 1. The molecule has 1 aliphatic heterocycles. The SMILES string of the molecule is C[C@@H]1Cc2cc(C(=O)O)ccc2N1C(=O)OC(C)(C)C. The molecule has 1 N–H and O–H groups in total. The molecule has 0 radical (unpaired) electrons. The summed E-state index contributed by atoms with van der Waals surface area (Å²) in [5.74, 6) is -0.962. The second kappa shape index (κ2) is 4.81. The highest BCUT2D eigenvalue weighted by atomic mass is 16.6. The Balaban J connectivity index is 2.31. The molecule has 0 aromatic heterocycles. The molecule has 1 amide bonds. The maximum atomic E-state index is 12.2. The van der Waals surface area contributed by atoms with Gasteiger partial charge < -0.3 is 9.84 Å². The maximum Gasteiger partial charge on any atom is 0.415 e. The number of nitrogens with zero attached hydrogens (tertiary/aromatic N) is 1. The molecule has 0 fully saturated rings. The molecule has 5 nitrogen and oxygen atoms in total. The normalized spacial score (nSPS) is 17.8. The molecule has 1 atom stereocenters. The van der Waals surface area contributed by atoms with Gasteiger partial charge in [0.1, 0.15) is 5.60 Å². The minimum Gasteiger partial charge on any atom is -0.478 e. The second-order valence-electron chi connectivity index (χ2n) is 6.05. The van der Waals surface area contributed by atoms with Crippen LogP contribution >= 0.6 is 0 Å². The van der Waals surface area contributed by atoms with Crippen molar-refractivity contribution in [2.75, 3.05) is 4.90 Å². The number of anilines is 1. The Morgan fingerprint density at radius 2 is 2.00 bits per heavy atom. The molecular weight excluding hydrogens is 258 g/mol. The number of hydrogen-bond acceptors (Lipinski definition) is 3. The van der Waals surface area contributed by atoms with Crippen LogP contribution in [0.1, 0.15) is 43.6 Å². The zero-order valence-corrected chi connectivity index (χ0v) is 12.1. The minimum atomic E-state index is -0.962. The van der Waals surface area contributed by atoms with Crippen molar-refractivity contribution < 1.29 is 19.4 Å². The van der Waals surface area contributed by atoms with Crippen molar-refractivity contribution >= 4 is 17.7 Å². The summed E-state index contributed by atoms with van der Waals surface area (Å²) in [7, 11) is 0. The van der Waals surface area contributed by atoms with Crippen LogP contribution < -0.4 is 4.90 Å². The first-order chi connectivity index (χ1) is 9.19. The van der Waals surface area contributed by atoms with Crippen molar-refractivity contribution in [2.24, 2.45) is 0 Å². The average Bonchev–Trinajstić information content (AvgIpc) is 2.61. The van der Waals surface area contributed by atoms with Gasteiger partial charge in [0.05, 0.1) is 11.3 Å². The number of amides is 1. The molecule has 0 bridgehead atoms. The number of ether oxygens (including phenoxy) is 1. The molecule has 20 heavy (non-hydrogen) atoms. The number of carbonyl (C=O) groups excluding carboxylic acids is 1. The van der Waals surface area contributed by atoms with E-state index in [2.05, 4.69) is 0 Å². The first-order valence-electron chi connectivity index (χ1n) is 6.57. The van der Waals surface area contributed by atoms with Crippen molar-refractivity contribution in [1.82, 2.24) is 0 Å². The summed E-state index contributed by atoms with van der Waals surface area (Å²) in [5.41, 5.74) is 1.28. The molecule has 1 aliphatic rings. The summed E-state index contributed by atoms with van der Waals surface area (Å²) in [6.45, 7) is 7.38. The van der Waals surface area contributed by atoms with Crippen LogP contribution in [0.25, 0.3) is 0 Å². The van der Waals surface area contributed by atoms with Gasteiger partial charge in [-0.25, -0.2) is 9.59 Å². The van der Waals surface area contributed by atoms with Crippen molar-refractivity contribution in [3.8, 4) is 0 Å². The van der Waals surface area contributed by atoms with Crippen LogP contribution in [0, 0.1) is 0 Å². The Morgan fingerprint density at radius 1 is 1.35 bits per heavy atom. The fraction of sp³-hybridized carbons (Fsp3) is 0.467. The molecule has 1 aromatic carbocycles. The van der Waals surface area contributed by atoms with E-state index in [4.69, 9.17) is 9.84 Å². The third-order valence-electron chi connectivity index (χ3n) is 3.13. The van der Waals surface area contributed by atoms with Crippen molar-refractivity contribution in [3.05, 3.63) is 29.3 Å². The Hall–Kier alpha value is -2.04. The molecule has 0 saturated carbocycles. The summed E-state index contributed by atoms with van der Waals surface area (Å²) < 4.78 is 5.40. The Labute approximate surface area is 118 Å². The predicted molar refractivity (Wildman–Crippen MR) is 75.3 cm³/mol. The van der Waals surface area contributed by atoms with Crippen molar-refractivity contribution in [1.29, 1.82) is 0 Å². The smallest absolute Gasteiger partial charge is 0.415 e. The van der Waals surface area contributed by atoms with Crippen LogP contribution in [-0.2, 0) is 11.2 Å². The summed E-state index contributed by atoms with van der Waals surface area (Å²) >= 11 is 0. The van der Waals surface area contributed by atoms with E-state index in [1.165, 1.54) is 6.07 Å². The molecular formula is C15H19NO4. The zero-order valence-electron chi connectivity index (χ0n) is 12.1. The predicted octanol–water partition coefficient (Wildman–Crippen LogP) is 3.07. The van der Waals surface area contributed by atoms with E-state index in [0.29, 0.717) is 6.42 Å². The van der Waals surface area contributed by atoms with Gasteiger partial charge in [-0.3, -0.25) is 4.90 Å². The number of benzene rings is 1. The summed E-state index contributed by atoms with van der Waals surface area (Å²) in [5, 5.41) is 9.00. The van der Waals surface area contributed by atoms with E-state index >= 15 is 0 Å². The average molecular weight is 277 g/mol. The van der Waals surface area contributed by atoms with Gasteiger partial charge in [-0.15, -0.1) is 0 Å². The Kier molecular flexibility index (Phi) is 3.46. The number of carbonyl (C=O) groups is 2. The molecule has 0 saturated heterocycles. The van der Waals surface area contributed by atoms with Crippen LogP contribution in [0.15, 0.2) is 18.2 Å². The molecule has 108 valence electrons. The van der Waals surface area contributed by atoms with E-state index in [1.807, 2.05) is 27.7 Å². The monoisotopic (exact) mass is 277 g/mol. The summed E-state index contributed by atoms with van der Waals surface area (Å²) in [6, 6.07) is 4.77. The molecule has 0 aliphatic carbocycles. The van der Waals surface area contributed by atoms with Crippen LogP contribution in [0.3, 0.4) is 0 Å². The highest BCUT2D eigenvalue weighted by Gasteiger charge is 2.34. The van der Waals surface area contributed by atoms with Gasteiger partial charge in [-0.05, 0) is 57.9 Å². The number of aromatic carboxylic acids is 1. The van der Waals surface area contributed by atoms with Gasteiger partial charge in [0.15, 0.2) is 0 Å². The van der Waals surface area contributed by atoms with E-state index in [9.17, 15) is 9.59 Å². The third kappa shape index (κ3) is 2.76. The first kappa shape index (κ1) is 14.4. The lowest BCUT2D eigenvalue weighted by molar-refractivity contribution is 0.0571. The van der Waals surface area contributed by atoms with Crippen LogP contribution in [0.5, 0.6) is 0 Å². The van der Waals surface area contributed by atoms with Crippen molar-refractivity contribution in [2.45, 2.75) is 45.8 Å². The van der Waals surface area contributed by atoms with Crippen LogP contribution in [0.2, 0.25) is 0 Å².